The number of halogens is 4. The number of nitrogens with zero attached hydrogens (tertiary/aromatic N) is 2. The molecule has 1 rings (SSSR count). The largest absolute Gasteiger partial charge is 0.433 e. The first-order valence-corrected chi connectivity index (χ1v) is 3.92. The number of alkyl halides is 3. The molecule has 6 heteroatoms. The van der Waals surface area contributed by atoms with Crippen molar-refractivity contribution in [2.45, 2.75) is 12.6 Å². The Kier molecular flexibility index (Phi) is 2.96. The van der Waals surface area contributed by atoms with E-state index in [-0.39, 0.29) is 10.6 Å². The van der Waals surface area contributed by atoms with Gasteiger partial charge in [-0.3, -0.25) is 4.98 Å². The van der Waals surface area contributed by atoms with Gasteiger partial charge in [0.15, 0.2) is 0 Å². The number of aromatic nitrogens is 1. The van der Waals surface area contributed by atoms with Crippen molar-refractivity contribution in [1.82, 2.24) is 4.98 Å². The molecule has 14 heavy (non-hydrogen) atoms. The van der Waals surface area contributed by atoms with Gasteiger partial charge in [0.25, 0.3) is 0 Å². The molecule has 0 aliphatic heterocycles. The molecule has 0 saturated heterocycles. The molecule has 0 spiro atoms. The third-order valence-electron chi connectivity index (χ3n) is 1.52. The molecule has 0 saturated carbocycles. The maximum absolute atomic E-state index is 12.3. The van der Waals surface area contributed by atoms with Gasteiger partial charge in [0.1, 0.15) is 5.69 Å². The molecular formula is C8H4ClF3N2. The van der Waals surface area contributed by atoms with Crippen LogP contribution in [-0.2, 0) is 12.6 Å². The molecule has 0 amide bonds. The van der Waals surface area contributed by atoms with Crippen LogP contribution < -0.4 is 0 Å². The summed E-state index contributed by atoms with van der Waals surface area (Å²) in [6, 6.07) is 2.84. The van der Waals surface area contributed by atoms with Crippen LogP contribution in [0.2, 0.25) is 5.02 Å². The summed E-state index contributed by atoms with van der Waals surface area (Å²) in [5, 5.41) is 8.24. The fraction of sp³-hybridized carbons (Fsp3) is 0.250. The van der Waals surface area contributed by atoms with Crippen LogP contribution >= 0.6 is 11.6 Å². The van der Waals surface area contributed by atoms with E-state index in [0.29, 0.717) is 0 Å². The van der Waals surface area contributed by atoms with Gasteiger partial charge >= 0.3 is 6.18 Å². The number of nitriles is 1. The lowest BCUT2D eigenvalue weighted by atomic mass is 10.1. The predicted molar refractivity (Wildman–Crippen MR) is 43.6 cm³/mol. The van der Waals surface area contributed by atoms with Crippen molar-refractivity contribution in [3.8, 4) is 6.07 Å². The molecule has 0 aromatic carbocycles. The first kappa shape index (κ1) is 10.8. The number of hydrogen-bond donors (Lipinski definition) is 0. The second-order valence-corrected chi connectivity index (χ2v) is 2.86. The molecule has 0 bridgehead atoms. The minimum atomic E-state index is -4.57. The van der Waals surface area contributed by atoms with Crippen molar-refractivity contribution in [1.29, 1.82) is 5.26 Å². The second kappa shape index (κ2) is 3.84. The zero-order valence-electron chi connectivity index (χ0n) is 6.77. The predicted octanol–water partition coefficient (Wildman–Crippen LogP) is 2.82. The summed E-state index contributed by atoms with van der Waals surface area (Å²) in [4.78, 5) is 3.17. The molecule has 1 heterocycles. The maximum atomic E-state index is 12.3. The fourth-order valence-electron chi connectivity index (χ4n) is 0.960. The molecule has 2 nitrogen and oxygen atoms in total. The first-order chi connectivity index (χ1) is 6.46. The third kappa shape index (κ3) is 2.15. The quantitative estimate of drug-likeness (QED) is 0.730. The van der Waals surface area contributed by atoms with Crippen molar-refractivity contribution in [3.05, 3.63) is 28.5 Å². The van der Waals surface area contributed by atoms with Crippen LogP contribution in [0.25, 0.3) is 0 Å². The zero-order chi connectivity index (χ0) is 10.8. The Labute approximate surface area is 82.9 Å². The topological polar surface area (TPSA) is 36.7 Å². The van der Waals surface area contributed by atoms with Gasteiger partial charge in [-0.05, 0) is 6.07 Å². The van der Waals surface area contributed by atoms with Crippen LogP contribution in [0.3, 0.4) is 0 Å². The van der Waals surface area contributed by atoms with E-state index in [1.54, 1.807) is 6.07 Å². The smallest absolute Gasteiger partial charge is 0.251 e. The van der Waals surface area contributed by atoms with Crippen molar-refractivity contribution in [3.63, 3.8) is 0 Å². The highest BCUT2D eigenvalue weighted by atomic mass is 35.5. The normalized spacial score (nSPS) is 11.1. The molecule has 0 aliphatic rings. The van der Waals surface area contributed by atoms with E-state index in [0.717, 1.165) is 6.20 Å². The van der Waals surface area contributed by atoms with Gasteiger partial charge in [-0.1, -0.05) is 11.6 Å². The summed E-state index contributed by atoms with van der Waals surface area (Å²) in [6.07, 6.45) is -4.01. The average Bonchev–Trinajstić information content (AvgIpc) is 2.07. The summed E-state index contributed by atoms with van der Waals surface area (Å²) >= 11 is 5.52. The highest BCUT2D eigenvalue weighted by Crippen LogP contribution is 2.33. The number of rotatable bonds is 1. The molecule has 0 atom stereocenters. The van der Waals surface area contributed by atoms with Crippen LogP contribution in [0.15, 0.2) is 12.3 Å². The van der Waals surface area contributed by atoms with Gasteiger partial charge in [-0.25, -0.2) is 0 Å². The van der Waals surface area contributed by atoms with Gasteiger partial charge in [0.2, 0.25) is 0 Å². The van der Waals surface area contributed by atoms with E-state index < -0.39 is 18.3 Å². The Hall–Kier alpha value is -1.28. The molecule has 0 radical (unpaired) electrons. The van der Waals surface area contributed by atoms with Crippen LogP contribution in [-0.4, -0.2) is 4.98 Å². The highest BCUT2D eigenvalue weighted by Gasteiger charge is 2.35. The molecule has 1 aromatic rings. The standard InChI is InChI=1S/C8H4ClF3N2/c9-6-2-4-14-7(8(10,11)12)5(6)1-3-13/h2,4H,1H2. The molecule has 1 aromatic heterocycles. The molecule has 74 valence electrons. The average molecular weight is 221 g/mol. The molecule has 0 N–H and O–H groups in total. The Morgan fingerprint density at radius 2 is 2.14 bits per heavy atom. The molecule has 0 fully saturated rings. The minimum absolute atomic E-state index is 0.0890. The zero-order valence-corrected chi connectivity index (χ0v) is 7.52. The van der Waals surface area contributed by atoms with E-state index in [4.69, 9.17) is 16.9 Å². The van der Waals surface area contributed by atoms with Gasteiger partial charge in [0.05, 0.1) is 12.5 Å². The van der Waals surface area contributed by atoms with Gasteiger partial charge in [0, 0.05) is 16.8 Å². The Balaban J connectivity index is 3.30. The number of hydrogen-bond acceptors (Lipinski definition) is 2. The van der Waals surface area contributed by atoms with Crippen molar-refractivity contribution < 1.29 is 13.2 Å². The maximum Gasteiger partial charge on any atom is 0.433 e. The first-order valence-electron chi connectivity index (χ1n) is 3.54. The van der Waals surface area contributed by atoms with E-state index >= 15 is 0 Å². The van der Waals surface area contributed by atoms with Crippen molar-refractivity contribution in [2.24, 2.45) is 0 Å². The summed E-state index contributed by atoms with van der Waals surface area (Å²) in [6.45, 7) is 0. The van der Waals surface area contributed by atoms with Gasteiger partial charge in [-0.2, -0.15) is 18.4 Å². The molecule has 0 aliphatic carbocycles. The fourth-order valence-corrected chi connectivity index (χ4v) is 1.17. The Morgan fingerprint density at radius 3 is 2.64 bits per heavy atom. The molecule has 0 unspecified atom stereocenters. The van der Waals surface area contributed by atoms with Crippen LogP contribution in [0.4, 0.5) is 13.2 Å². The highest BCUT2D eigenvalue weighted by molar-refractivity contribution is 6.31. The van der Waals surface area contributed by atoms with Crippen molar-refractivity contribution in [2.75, 3.05) is 0 Å². The lowest BCUT2D eigenvalue weighted by Crippen LogP contribution is -2.12. The van der Waals surface area contributed by atoms with E-state index in [2.05, 4.69) is 4.98 Å². The molecular weight excluding hydrogens is 217 g/mol. The van der Waals surface area contributed by atoms with Crippen molar-refractivity contribution >= 4 is 11.6 Å². The summed E-state index contributed by atoms with van der Waals surface area (Å²) < 4.78 is 37.0. The monoisotopic (exact) mass is 220 g/mol. The van der Waals surface area contributed by atoms with Gasteiger partial charge in [-0.15, -0.1) is 0 Å². The minimum Gasteiger partial charge on any atom is -0.251 e. The summed E-state index contributed by atoms with van der Waals surface area (Å²) in [5.74, 6) is 0. The van der Waals surface area contributed by atoms with Crippen LogP contribution in [0, 0.1) is 11.3 Å². The summed E-state index contributed by atoms with van der Waals surface area (Å²) in [5.41, 5.74) is -1.37. The number of pyridine rings is 1. The van der Waals surface area contributed by atoms with E-state index in [1.165, 1.54) is 6.07 Å². The second-order valence-electron chi connectivity index (χ2n) is 2.45. The van der Waals surface area contributed by atoms with Crippen LogP contribution in [0.5, 0.6) is 0 Å². The third-order valence-corrected chi connectivity index (χ3v) is 1.88. The Bertz CT molecular complexity index is 381. The SMILES string of the molecule is N#CCc1c(Cl)ccnc1C(F)(F)F. The Morgan fingerprint density at radius 1 is 1.50 bits per heavy atom. The van der Waals surface area contributed by atoms with E-state index in [1.807, 2.05) is 0 Å². The van der Waals surface area contributed by atoms with E-state index in [9.17, 15) is 13.2 Å². The summed E-state index contributed by atoms with van der Waals surface area (Å²) in [7, 11) is 0. The lowest BCUT2D eigenvalue weighted by Gasteiger charge is -2.10. The lowest BCUT2D eigenvalue weighted by molar-refractivity contribution is -0.141. The van der Waals surface area contributed by atoms with Gasteiger partial charge < -0.3 is 0 Å². The van der Waals surface area contributed by atoms with Crippen LogP contribution in [0.1, 0.15) is 11.3 Å².